The van der Waals surface area contributed by atoms with Gasteiger partial charge in [-0.15, -0.1) is 5.10 Å². The first-order valence-electron chi connectivity index (χ1n) is 11.1. The number of hydrogen-bond donors (Lipinski definition) is 2. The summed E-state index contributed by atoms with van der Waals surface area (Å²) in [6.07, 6.45) is 5.62. The number of hydrogen-bond acceptors (Lipinski definition) is 6. The SMILES string of the molecule is CC(C)CCC(N)CCc1ncnn1Cc1ccc(-c2ccccc2-c2nnn[nH]2)cc1. The second kappa shape index (κ2) is 10.3. The van der Waals surface area contributed by atoms with Gasteiger partial charge in [0.25, 0.3) is 0 Å². The molecule has 2 aromatic carbocycles. The molecular formula is C24H30N8. The maximum Gasteiger partial charge on any atom is 0.180 e. The number of nitrogens with one attached hydrogen (secondary N) is 1. The van der Waals surface area contributed by atoms with E-state index in [0.717, 1.165) is 48.2 Å². The Morgan fingerprint density at radius 1 is 0.969 bits per heavy atom. The molecule has 8 heteroatoms. The van der Waals surface area contributed by atoms with E-state index >= 15 is 0 Å². The van der Waals surface area contributed by atoms with Gasteiger partial charge in [-0.2, -0.15) is 5.10 Å². The molecule has 0 spiro atoms. The second-order valence-corrected chi connectivity index (χ2v) is 8.60. The van der Waals surface area contributed by atoms with Gasteiger partial charge < -0.3 is 5.73 Å². The Balaban J connectivity index is 1.42. The van der Waals surface area contributed by atoms with Gasteiger partial charge in [-0.05, 0) is 52.3 Å². The monoisotopic (exact) mass is 430 g/mol. The number of aryl methyl sites for hydroxylation is 1. The third-order valence-electron chi connectivity index (χ3n) is 5.67. The van der Waals surface area contributed by atoms with E-state index < -0.39 is 0 Å². The Bertz CT molecular complexity index is 1100. The molecule has 3 N–H and O–H groups in total. The minimum atomic E-state index is 0.210. The summed E-state index contributed by atoms with van der Waals surface area (Å²) in [6, 6.07) is 16.8. The van der Waals surface area contributed by atoms with Crippen LogP contribution in [0.15, 0.2) is 54.9 Å². The Kier molecular flexibility index (Phi) is 7.01. The van der Waals surface area contributed by atoms with E-state index in [1.54, 1.807) is 6.33 Å². The van der Waals surface area contributed by atoms with E-state index in [1.165, 1.54) is 5.56 Å². The van der Waals surface area contributed by atoms with Crippen LogP contribution >= 0.6 is 0 Å². The Hall–Kier alpha value is -3.39. The highest BCUT2D eigenvalue weighted by Crippen LogP contribution is 2.29. The van der Waals surface area contributed by atoms with Gasteiger partial charge >= 0.3 is 0 Å². The van der Waals surface area contributed by atoms with Crippen molar-refractivity contribution in [3.63, 3.8) is 0 Å². The fourth-order valence-electron chi connectivity index (χ4n) is 3.80. The average molecular weight is 431 g/mol. The van der Waals surface area contributed by atoms with Crippen molar-refractivity contribution in [1.29, 1.82) is 0 Å². The Labute approximate surface area is 188 Å². The van der Waals surface area contributed by atoms with E-state index in [9.17, 15) is 0 Å². The van der Waals surface area contributed by atoms with Crippen molar-refractivity contribution in [3.8, 4) is 22.5 Å². The molecule has 2 aromatic heterocycles. The van der Waals surface area contributed by atoms with Crippen LogP contribution in [0.4, 0.5) is 0 Å². The molecule has 4 aromatic rings. The molecule has 0 saturated carbocycles. The van der Waals surface area contributed by atoms with Gasteiger partial charge in [0.1, 0.15) is 12.2 Å². The van der Waals surface area contributed by atoms with Gasteiger partial charge in [0, 0.05) is 18.0 Å². The van der Waals surface area contributed by atoms with Crippen LogP contribution in [0.25, 0.3) is 22.5 Å². The Morgan fingerprint density at radius 3 is 2.47 bits per heavy atom. The van der Waals surface area contributed by atoms with Crippen LogP contribution < -0.4 is 5.73 Å². The van der Waals surface area contributed by atoms with Gasteiger partial charge in [-0.3, -0.25) is 0 Å². The number of benzene rings is 2. The van der Waals surface area contributed by atoms with Crippen molar-refractivity contribution in [1.82, 2.24) is 35.4 Å². The maximum atomic E-state index is 6.29. The smallest absolute Gasteiger partial charge is 0.180 e. The molecule has 1 unspecified atom stereocenters. The summed E-state index contributed by atoms with van der Waals surface area (Å²) in [6.45, 7) is 5.15. The lowest BCUT2D eigenvalue weighted by molar-refractivity contribution is 0.471. The molecule has 0 aliphatic carbocycles. The summed E-state index contributed by atoms with van der Waals surface area (Å²) in [5, 5.41) is 18.7. The fourth-order valence-corrected chi connectivity index (χ4v) is 3.80. The van der Waals surface area contributed by atoms with Gasteiger partial charge in [-0.1, -0.05) is 62.4 Å². The molecule has 0 aliphatic rings. The Morgan fingerprint density at radius 2 is 1.75 bits per heavy atom. The standard InChI is InChI=1S/C24H30N8/c1-17(2)7-12-20(25)13-14-23-26-16-27-32(23)15-18-8-10-19(11-9-18)21-5-3-4-6-22(21)24-28-30-31-29-24/h3-6,8-11,16-17,20H,7,12-15,25H2,1-2H3,(H,28,29,30,31). The van der Waals surface area contributed by atoms with Crippen molar-refractivity contribution >= 4 is 0 Å². The highest BCUT2D eigenvalue weighted by atomic mass is 15.5. The molecule has 0 saturated heterocycles. The first-order chi connectivity index (χ1) is 15.6. The first kappa shape index (κ1) is 21.8. The fraction of sp³-hybridized carbons (Fsp3) is 0.375. The van der Waals surface area contributed by atoms with E-state index in [-0.39, 0.29) is 6.04 Å². The van der Waals surface area contributed by atoms with Crippen molar-refractivity contribution in [2.45, 2.75) is 52.1 Å². The van der Waals surface area contributed by atoms with Crippen LogP contribution in [0.3, 0.4) is 0 Å². The number of aromatic amines is 1. The number of rotatable bonds is 10. The average Bonchev–Trinajstić information content (AvgIpc) is 3.49. The molecule has 4 rings (SSSR count). The zero-order chi connectivity index (χ0) is 22.3. The summed E-state index contributed by atoms with van der Waals surface area (Å²) in [4.78, 5) is 4.46. The van der Waals surface area contributed by atoms with E-state index in [1.807, 2.05) is 22.9 Å². The molecule has 0 amide bonds. The highest BCUT2D eigenvalue weighted by Gasteiger charge is 2.12. The molecular weight excluding hydrogens is 400 g/mol. The molecule has 166 valence electrons. The normalized spacial score (nSPS) is 12.4. The third-order valence-corrected chi connectivity index (χ3v) is 5.67. The van der Waals surface area contributed by atoms with Crippen LogP contribution in [-0.4, -0.2) is 41.4 Å². The quantitative estimate of drug-likeness (QED) is 0.395. The van der Waals surface area contributed by atoms with Crippen LogP contribution in [0.1, 0.15) is 44.5 Å². The molecule has 0 bridgehead atoms. The minimum absolute atomic E-state index is 0.210. The van der Waals surface area contributed by atoms with Gasteiger partial charge in [0.2, 0.25) is 0 Å². The number of nitrogens with zero attached hydrogens (tertiary/aromatic N) is 6. The van der Waals surface area contributed by atoms with Gasteiger partial charge in [0.05, 0.1) is 6.54 Å². The van der Waals surface area contributed by atoms with Crippen LogP contribution in [-0.2, 0) is 13.0 Å². The summed E-state index contributed by atoms with van der Waals surface area (Å²) >= 11 is 0. The van der Waals surface area contributed by atoms with E-state index in [0.29, 0.717) is 18.3 Å². The second-order valence-electron chi connectivity index (χ2n) is 8.60. The highest BCUT2D eigenvalue weighted by molar-refractivity contribution is 5.80. The molecule has 8 nitrogen and oxygen atoms in total. The number of tetrazole rings is 1. The van der Waals surface area contributed by atoms with Crippen LogP contribution in [0.2, 0.25) is 0 Å². The first-order valence-corrected chi connectivity index (χ1v) is 11.1. The number of nitrogens with two attached hydrogens (primary N) is 1. The molecule has 0 aliphatic heterocycles. The van der Waals surface area contributed by atoms with Crippen LogP contribution in [0.5, 0.6) is 0 Å². The van der Waals surface area contributed by atoms with Crippen LogP contribution in [0, 0.1) is 5.92 Å². The molecule has 2 heterocycles. The maximum absolute atomic E-state index is 6.29. The zero-order valence-electron chi connectivity index (χ0n) is 18.6. The molecule has 0 fully saturated rings. The molecule has 1 atom stereocenters. The third kappa shape index (κ3) is 5.45. The lowest BCUT2D eigenvalue weighted by Crippen LogP contribution is -2.22. The topological polar surface area (TPSA) is 111 Å². The van der Waals surface area contributed by atoms with Gasteiger partial charge in [0.15, 0.2) is 5.82 Å². The molecule has 0 radical (unpaired) electrons. The predicted molar refractivity (Wildman–Crippen MR) is 125 cm³/mol. The molecule has 32 heavy (non-hydrogen) atoms. The van der Waals surface area contributed by atoms with Crippen molar-refractivity contribution in [3.05, 3.63) is 66.2 Å². The summed E-state index contributed by atoms with van der Waals surface area (Å²) in [7, 11) is 0. The minimum Gasteiger partial charge on any atom is -0.328 e. The van der Waals surface area contributed by atoms with E-state index in [4.69, 9.17) is 5.73 Å². The van der Waals surface area contributed by atoms with Gasteiger partial charge in [-0.25, -0.2) is 14.8 Å². The van der Waals surface area contributed by atoms with Crippen molar-refractivity contribution in [2.75, 3.05) is 0 Å². The zero-order valence-corrected chi connectivity index (χ0v) is 18.6. The lowest BCUT2D eigenvalue weighted by Gasteiger charge is -2.13. The summed E-state index contributed by atoms with van der Waals surface area (Å²) in [5.41, 5.74) is 10.6. The lowest BCUT2D eigenvalue weighted by atomic mass is 9.98. The van der Waals surface area contributed by atoms with Crippen molar-refractivity contribution < 1.29 is 0 Å². The largest absolute Gasteiger partial charge is 0.328 e. The van der Waals surface area contributed by atoms with E-state index in [2.05, 4.69) is 74.9 Å². The van der Waals surface area contributed by atoms with Crippen molar-refractivity contribution in [2.24, 2.45) is 11.7 Å². The number of aromatic nitrogens is 7. The summed E-state index contributed by atoms with van der Waals surface area (Å²) in [5.74, 6) is 2.33. The predicted octanol–water partition coefficient (Wildman–Crippen LogP) is 3.87. The summed E-state index contributed by atoms with van der Waals surface area (Å²) < 4.78 is 1.97. The number of H-pyrrole nitrogens is 1.